The van der Waals surface area contributed by atoms with Crippen LogP contribution in [0, 0.1) is 6.92 Å². The minimum Gasteiger partial charge on any atom is -0.373 e. The molecule has 1 aliphatic heterocycles. The quantitative estimate of drug-likeness (QED) is 0.909. The van der Waals surface area contributed by atoms with Crippen LogP contribution >= 0.6 is 0 Å². The Bertz CT molecular complexity index is 455. The average molecular weight is 261 g/mol. The van der Waals surface area contributed by atoms with E-state index in [9.17, 15) is 0 Å². The van der Waals surface area contributed by atoms with Crippen molar-refractivity contribution < 1.29 is 4.74 Å². The maximum atomic E-state index is 6.05. The van der Waals surface area contributed by atoms with Crippen LogP contribution in [0.5, 0.6) is 0 Å². The van der Waals surface area contributed by atoms with Gasteiger partial charge < -0.3 is 10.1 Å². The summed E-state index contributed by atoms with van der Waals surface area (Å²) in [6, 6.07) is 0.366. The number of hydrogen-bond acceptors (Lipinski definition) is 4. The Morgan fingerprint density at radius 2 is 2.21 bits per heavy atom. The van der Waals surface area contributed by atoms with Gasteiger partial charge in [-0.3, -0.25) is 0 Å². The van der Waals surface area contributed by atoms with Crippen molar-refractivity contribution in [1.29, 1.82) is 0 Å². The predicted octanol–water partition coefficient (Wildman–Crippen LogP) is 2.86. The zero-order valence-corrected chi connectivity index (χ0v) is 11.9. The normalized spacial score (nSPS) is 25.1. The molecule has 104 valence electrons. The number of ether oxygens (including phenoxy) is 1. The summed E-state index contributed by atoms with van der Waals surface area (Å²) in [5.41, 5.74) is 2.46. The SMILES string of the molecule is CCc1nc(NC2COC3(CCCC3)C2)ncc1C. The minimum atomic E-state index is 0.163. The maximum absolute atomic E-state index is 6.05. The highest BCUT2D eigenvalue weighted by Gasteiger charge is 2.42. The average Bonchev–Trinajstić information content (AvgIpc) is 3.03. The number of hydrogen-bond donors (Lipinski definition) is 1. The number of rotatable bonds is 3. The van der Waals surface area contributed by atoms with E-state index in [1.165, 1.54) is 31.2 Å². The van der Waals surface area contributed by atoms with Crippen LogP contribution in [0.25, 0.3) is 0 Å². The van der Waals surface area contributed by atoms with Crippen LogP contribution in [-0.2, 0) is 11.2 Å². The number of anilines is 1. The highest BCUT2D eigenvalue weighted by Crippen LogP contribution is 2.41. The largest absolute Gasteiger partial charge is 0.373 e. The number of aryl methyl sites for hydroxylation is 2. The van der Waals surface area contributed by atoms with Gasteiger partial charge in [-0.2, -0.15) is 0 Å². The van der Waals surface area contributed by atoms with Crippen molar-refractivity contribution in [3.8, 4) is 0 Å². The van der Waals surface area contributed by atoms with Gasteiger partial charge in [-0.05, 0) is 38.2 Å². The third-order valence-corrected chi connectivity index (χ3v) is 4.47. The van der Waals surface area contributed by atoms with E-state index in [1.54, 1.807) is 0 Å². The van der Waals surface area contributed by atoms with E-state index in [4.69, 9.17) is 4.74 Å². The lowest BCUT2D eigenvalue weighted by Crippen LogP contribution is -2.26. The van der Waals surface area contributed by atoms with Crippen molar-refractivity contribution in [3.63, 3.8) is 0 Å². The molecule has 1 unspecified atom stereocenters. The molecule has 2 aliphatic rings. The van der Waals surface area contributed by atoms with Gasteiger partial charge in [-0.1, -0.05) is 19.8 Å². The second-order valence-corrected chi connectivity index (χ2v) is 5.92. The zero-order valence-electron chi connectivity index (χ0n) is 11.9. The van der Waals surface area contributed by atoms with Crippen molar-refractivity contribution in [3.05, 3.63) is 17.5 Å². The first kappa shape index (κ1) is 12.9. The summed E-state index contributed by atoms with van der Waals surface area (Å²) in [7, 11) is 0. The molecular weight excluding hydrogens is 238 g/mol. The van der Waals surface area contributed by atoms with Gasteiger partial charge in [-0.15, -0.1) is 0 Å². The Morgan fingerprint density at radius 1 is 1.42 bits per heavy atom. The summed E-state index contributed by atoms with van der Waals surface area (Å²) >= 11 is 0. The third kappa shape index (κ3) is 2.59. The molecule has 1 spiro atoms. The van der Waals surface area contributed by atoms with E-state index in [0.29, 0.717) is 6.04 Å². The molecule has 1 N–H and O–H groups in total. The summed E-state index contributed by atoms with van der Waals surface area (Å²) in [6.45, 7) is 4.98. The monoisotopic (exact) mass is 261 g/mol. The molecule has 0 amide bonds. The van der Waals surface area contributed by atoms with E-state index in [-0.39, 0.29) is 5.60 Å². The first-order valence-electron chi connectivity index (χ1n) is 7.44. The van der Waals surface area contributed by atoms with Crippen molar-refractivity contribution in [1.82, 2.24) is 9.97 Å². The Balaban J connectivity index is 1.66. The van der Waals surface area contributed by atoms with Gasteiger partial charge in [0.1, 0.15) is 0 Å². The van der Waals surface area contributed by atoms with Gasteiger partial charge in [0.15, 0.2) is 0 Å². The van der Waals surface area contributed by atoms with Crippen molar-refractivity contribution in [2.75, 3.05) is 11.9 Å². The molecule has 1 aromatic rings. The molecule has 1 saturated carbocycles. The lowest BCUT2D eigenvalue weighted by atomic mass is 9.96. The smallest absolute Gasteiger partial charge is 0.223 e. The van der Waals surface area contributed by atoms with Gasteiger partial charge >= 0.3 is 0 Å². The van der Waals surface area contributed by atoms with Crippen LogP contribution in [0.3, 0.4) is 0 Å². The number of nitrogens with zero attached hydrogens (tertiary/aromatic N) is 2. The molecule has 3 rings (SSSR count). The Hall–Kier alpha value is -1.16. The van der Waals surface area contributed by atoms with Gasteiger partial charge in [-0.25, -0.2) is 9.97 Å². The molecule has 1 saturated heterocycles. The fourth-order valence-corrected chi connectivity index (χ4v) is 3.39. The molecule has 0 aromatic carbocycles. The summed E-state index contributed by atoms with van der Waals surface area (Å²) < 4.78 is 6.05. The van der Waals surface area contributed by atoms with Gasteiger partial charge in [0.2, 0.25) is 5.95 Å². The summed E-state index contributed by atoms with van der Waals surface area (Å²) in [4.78, 5) is 8.98. The van der Waals surface area contributed by atoms with E-state index in [2.05, 4.69) is 29.1 Å². The summed E-state index contributed by atoms with van der Waals surface area (Å²) in [6.07, 6.45) is 9.04. The molecular formula is C15H23N3O. The second kappa shape index (κ2) is 5.08. The molecule has 19 heavy (non-hydrogen) atoms. The van der Waals surface area contributed by atoms with E-state index < -0.39 is 0 Å². The van der Waals surface area contributed by atoms with Crippen LogP contribution in [-0.4, -0.2) is 28.2 Å². The van der Waals surface area contributed by atoms with Crippen molar-refractivity contribution >= 4 is 5.95 Å². The molecule has 2 fully saturated rings. The van der Waals surface area contributed by atoms with Crippen LogP contribution in [0.4, 0.5) is 5.95 Å². The second-order valence-electron chi connectivity index (χ2n) is 5.92. The fourth-order valence-electron chi connectivity index (χ4n) is 3.39. The maximum Gasteiger partial charge on any atom is 0.223 e. The van der Waals surface area contributed by atoms with E-state index >= 15 is 0 Å². The predicted molar refractivity (Wildman–Crippen MR) is 75.3 cm³/mol. The molecule has 2 heterocycles. The molecule has 1 aliphatic carbocycles. The molecule has 4 heteroatoms. The zero-order chi connectivity index (χ0) is 13.3. The highest BCUT2D eigenvalue weighted by atomic mass is 16.5. The first-order valence-corrected chi connectivity index (χ1v) is 7.44. The lowest BCUT2D eigenvalue weighted by molar-refractivity contribution is 0.0103. The minimum absolute atomic E-state index is 0.163. The van der Waals surface area contributed by atoms with Crippen molar-refractivity contribution in [2.24, 2.45) is 0 Å². The Labute approximate surface area is 115 Å². The van der Waals surface area contributed by atoms with Gasteiger partial charge in [0.05, 0.1) is 18.2 Å². The topological polar surface area (TPSA) is 47.0 Å². The van der Waals surface area contributed by atoms with E-state index in [0.717, 1.165) is 31.1 Å². The fraction of sp³-hybridized carbons (Fsp3) is 0.733. The standard InChI is InChI=1S/C15H23N3O/c1-3-13-11(2)9-16-14(18-13)17-12-8-15(19-10-12)6-4-5-7-15/h9,12H,3-8,10H2,1-2H3,(H,16,17,18). The highest BCUT2D eigenvalue weighted by molar-refractivity contribution is 5.31. The van der Waals surface area contributed by atoms with Gasteiger partial charge in [0, 0.05) is 11.9 Å². The van der Waals surface area contributed by atoms with Crippen molar-refractivity contribution in [2.45, 2.75) is 64.0 Å². The van der Waals surface area contributed by atoms with Crippen LogP contribution < -0.4 is 5.32 Å². The summed E-state index contributed by atoms with van der Waals surface area (Å²) in [5.74, 6) is 0.756. The number of nitrogens with one attached hydrogen (secondary N) is 1. The third-order valence-electron chi connectivity index (χ3n) is 4.47. The van der Waals surface area contributed by atoms with Crippen LogP contribution in [0.1, 0.15) is 50.3 Å². The molecule has 1 atom stereocenters. The summed E-state index contributed by atoms with van der Waals surface area (Å²) in [5, 5.41) is 3.45. The van der Waals surface area contributed by atoms with Gasteiger partial charge in [0.25, 0.3) is 0 Å². The molecule has 4 nitrogen and oxygen atoms in total. The molecule has 1 aromatic heterocycles. The van der Waals surface area contributed by atoms with Crippen LogP contribution in [0.2, 0.25) is 0 Å². The first-order chi connectivity index (χ1) is 9.21. The Kier molecular flexibility index (Phi) is 3.44. The molecule has 0 radical (unpaired) electrons. The van der Waals surface area contributed by atoms with Crippen LogP contribution in [0.15, 0.2) is 6.20 Å². The number of aromatic nitrogens is 2. The lowest BCUT2D eigenvalue weighted by Gasteiger charge is -2.21. The van der Waals surface area contributed by atoms with E-state index in [1.807, 2.05) is 6.20 Å². The molecule has 0 bridgehead atoms. The Morgan fingerprint density at radius 3 is 2.95 bits per heavy atom.